The molecule has 1 aromatic rings. The van der Waals surface area contributed by atoms with Crippen molar-refractivity contribution in [3.8, 4) is 0 Å². The largest absolute Gasteiger partial charge is 0.481 e. The number of carbonyl (C=O) groups is 1. The molecule has 2 atom stereocenters. The van der Waals surface area contributed by atoms with E-state index in [1.165, 1.54) is 0 Å². The molecular weight excluding hydrogens is 244 g/mol. The Balaban J connectivity index is 3.00. The second-order valence-electron chi connectivity index (χ2n) is 4.77. The maximum atomic E-state index is 10.9. The first-order valence-electron chi connectivity index (χ1n) is 6.55. The number of aliphatic carboxylic acids is 1. The molecule has 0 amide bonds. The molecule has 19 heavy (non-hydrogen) atoms. The molecule has 1 rings (SSSR count). The van der Waals surface area contributed by atoms with Gasteiger partial charge in [-0.1, -0.05) is 6.92 Å². The highest BCUT2D eigenvalue weighted by atomic mass is 16.5. The van der Waals surface area contributed by atoms with Gasteiger partial charge >= 0.3 is 5.97 Å². The Kier molecular flexibility index (Phi) is 5.42. The van der Waals surface area contributed by atoms with Gasteiger partial charge in [0.1, 0.15) is 6.10 Å². The van der Waals surface area contributed by atoms with Crippen molar-refractivity contribution in [1.29, 1.82) is 0 Å². The van der Waals surface area contributed by atoms with Crippen molar-refractivity contribution in [2.45, 2.75) is 47.1 Å². The number of hydrogen-bond donors (Lipinski definition) is 1. The van der Waals surface area contributed by atoms with Crippen molar-refractivity contribution < 1.29 is 14.6 Å². The number of carboxylic acids is 1. The van der Waals surface area contributed by atoms with E-state index in [2.05, 4.69) is 9.97 Å². The number of rotatable bonds is 6. The highest BCUT2D eigenvalue weighted by Crippen LogP contribution is 2.19. The lowest BCUT2D eigenvalue weighted by atomic mass is 9.99. The fourth-order valence-electron chi connectivity index (χ4n) is 1.96. The molecule has 0 aliphatic rings. The summed E-state index contributed by atoms with van der Waals surface area (Å²) in [5.74, 6) is -0.578. The van der Waals surface area contributed by atoms with Gasteiger partial charge in [-0.05, 0) is 39.7 Å². The zero-order valence-electron chi connectivity index (χ0n) is 12.2. The lowest BCUT2D eigenvalue weighted by molar-refractivity contribution is -0.141. The van der Waals surface area contributed by atoms with Crippen LogP contribution in [0.4, 0.5) is 0 Å². The second-order valence-corrected chi connectivity index (χ2v) is 4.77. The van der Waals surface area contributed by atoms with Crippen molar-refractivity contribution in [2.75, 3.05) is 6.61 Å². The molecule has 0 radical (unpaired) electrons. The standard InChI is InChI=1S/C14H22N2O3/c1-6-19-11(5)13-15-9(3)12(10(4)16-13)7-8(2)14(17)18/h8,11H,6-7H2,1-5H3,(H,17,18). The highest BCUT2D eigenvalue weighted by molar-refractivity contribution is 5.70. The third kappa shape index (κ3) is 3.99. The number of nitrogens with zero attached hydrogens (tertiary/aromatic N) is 2. The van der Waals surface area contributed by atoms with Crippen molar-refractivity contribution in [1.82, 2.24) is 9.97 Å². The normalized spacial score (nSPS) is 14.2. The van der Waals surface area contributed by atoms with Crippen molar-refractivity contribution in [2.24, 2.45) is 5.92 Å². The maximum Gasteiger partial charge on any atom is 0.306 e. The third-order valence-corrected chi connectivity index (χ3v) is 3.15. The van der Waals surface area contributed by atoms with Crippen LogP contribution < -0.4 is 0 Å². The summed E-state index contributed by atoms with van der Waals surface area (Å²) in [5.41, 5.74) is 2.59. The van der Waals surface area contributed by atoms with E-state index in [-0.39, 0.29) is 6.10 Å². The van der Waals surface area contributed by atoms with Crippen LogP contribution in [0.1, 0.15) is 49.7 Å². The number of aryl methyl sites for hydroxylation is 2. The van der Waals surface area contributed by atoms with Crippen LogP contribution in [0.5, 0.6) is 0 Å². The molecule has 0 aromatic carbocycles. The molecule has 0 aliphatic carbocycles. The predicted molar refractivity (Wildman–Crippen MR) is 72.1 cm³/mol. The molecule has 0 saturated heterocycles. The van der Waals surface area contributed by atoms with Gasteiger partial charge in [-0.3, -0.25) is 4.79 Å². The van der Waals surface area contributed by atoms with E-state index in [1.807, 2.05) is 27.7 Å². The van der Waals surface area contributed by atoms with Gasteiger partial charge in [-0.25, -0.2) is 9.97 Å². The molecule has 5 heteroatoms. The molecule has 1 heterocycles. The zero-order chi connectivity index (χ0) is 14.6. The van der Waals surface area contributed by atoms with E-state index >= 15 is 0 Å². The fourth-order valence-corrected chi connectivity index (χ4v) is 1.96. The summed E-state index contributed by atoms with van der Waals surface area (Å²) >= 11 is 0. The molecule has 1 N–H and O–H groups in total. The zero-order valence-corrected chi connectivity index (χ0v) is 12.2. The van der Waals surface area contributed by atoms with Gasteiger partial charge in [-0.15, -0.1) is 0 Å². The Labute approximate surface area is 114 Å². The van der Waals surface area contributed by atoms with E-state index in [9.17, 15) is 4.79 Å². The minimum absolute atomic E-state index is 0.145. The smallest absolute Gasteiger partial charge is 0.306 e. The first kappa shape index (κ1) is 15.6. The van der Waals surface area contributed by atoms with Crippen LogP contribution >= 0.6 is 0 Å². The van der Waals surface area contributed by atoms with E-state index in [4.69, 9.17) is 9.84 Å². The molecule has 0 bridgehead atoms. The SMILES string of the molecule is CCOC(C)c1nc(C)c(CC(C)C(=O)O)c(C)n1. The Morgan fingerprint density at radius 3 is 2.21 bits per heavy atom. The van der Waals surface area contributed by atoms with Crippen LogP contribution in [0.25, 0.3) is 0 Å². The van der Waals surface area contributed by atoms with E-state index in [0.717, 1.165) is 17.0 Å². The summed E-state index contributed by atoms with van der Waals surface area (Å²) in [5, 5.41) is 8.98. The predicted octanol–water partition coefficient (Wildman–Crippen LogP) is 2.45. The lowest BCUT2D eigenvalue weighted by Gasteiger charge is -2.16. The van der Waals surface area contributed by atoms with Gasteiger partial charge < -0.3 is 9.84 Å². The quantitative estimate of drug-likeness (QED) is 0.856. The minimum Gasteiger partial charge on any atom is -0.481 e. The number of hydrogen-bond acceptors (Lipinski definition) is 4. The third-order valence-electron chi connectivity index (χ3n) is 3.15. The molecule has 0 fully saturated rings. The average molecular weight is 266 g/mol. The molecular formula is C14H22N2O3. The second kappa shape index (κ2) is 6.61. The van der Waals surface area contributed by atoms with Crippen molar-refractivity contribution >= 4 is 5.97 Å². The molecule has 1 aromatic heterocycles. The Bertz CT molecular complexity index is 437. The van der Waals surface area contributed by atoms with Crippen LogP contribution in [0.15, 0.2) is 0 Å². The Hall–Kier alpha value is -1.49. The van der Waals surface area contributed by atoms with E-state index < -0.39 is 11.9 Å². The van der Waals surface area contributed by atoms with Gasteiger partial charge in [0.25, 0.3) is 0 Å². The van der Waals surface area contributed by atoms with Gasteiger partial charge in [0.15, 0.2) is 5.82 Å². The topological polar surface area (TPSA) is 72.3 Å². The lowest BCUT2D eigenvalue weighted by Crippen LogP contribution is -2.16. The van der Waals surface area contributed by atoms with Gasteiger partial charge in [0, 0.05) is 18.0 Å². The summed E-state index contributed by atoms with van der Waals surface area (Å²) in [6.45, 7) is 9.93. The fraction of sp³-hybridized carbons (Fsp3) is 0.643. The first-order valence-corrected chi connectivity index (χ1v) is 6.55. The number of aromatic nitrogens is 2. The number of ether oxygens (including phenoxy) is 1. The van der Waals surface area contributed by atoms with Crippen LogP contribution in [-0.2, 0) is 16.0 Å². The van der Waals surface area contributed by atoms with E-state index in [1.54, 1.807) is 6.92 Å². The summed E-state index contributed by atoms with van der Waals surface area (Å²) in [4.78, 5) is 19.8. The van der Waals surface area contributed by atoms with E-state index in [0.29, 0.717) is 18.9 Å². The average Bonchev–Trinajstić information content (AvgIpc) is 2.33. The Morgan fingerprint density at radius 2 is 1.79 bits per heavy atom. The highest BCUT2D eigenvalue weighted by Gasteiger charge is 2.18. The summed E-state index contributed by atoms with van der Waals surface area (Å²) in [7, 11) is 0. The molecule has 0 saturated carbocycles. The van der Waals surface area contributed by atoms with Crippen LogP contribution in [0.2, 0.25) is 0 Å². The summed E-state index contributed by atoms with van der Waals surface area (Å²) < 4.78 is 5.48. The summed E-state index contributed by atoms with van der Waals surface area (Å²) in [6.07, 6.45) is 0.310. The molecule has 106 valence electrons. The summed E-state index contributed by atoms with van der Waals surface area (Å²) in [6, 6.07) is 0. The van der Waals surface area contributed by atoms with Crippen LogP contribution in [0.3, 0.4) is 0 Å². The first-order chi connectivity index (χ1) is 8.86. The molecule has 2 unspecified atom stereocenters. The van der Waals surface area contributed by atoms with Gasteiger partial charge in [0.2, 0.25) is 0 Å². The van der Waals surface area contributed by atoms with Crippen LogP contribution in [-0.4, -0.2) is 27.7 Å². The molecule has 0 spiro atoms. The van der Waals surface area contributed by atoms with Crippen molar-refractivity contribution in [3.05, 3.63) is 22.8 Å². The maximum absolute atomic E-state index is 10.9. The van der Waals surface area contributed by atoms with Crippen molar-refractivity contribution in [3.63, 3.8) is 0 Å². The molecule has 5 nitrogen and oxygen atoms in total. The number of carboxylic acid groups (broad SMARTS) is 1. The van der Waals surface area contributed by atoms with Gasteiger partial charge in [0.05, 0.1) is 5.92 Å². The van der Waals surface area contributed by atoms with Crippen LogP contribution in [0, 0.1) is 19.8 Å². The van der Waals surface area contributed by atoms with Gasteiger partial charge in [-0.2, -0.15) is 0 Å². The molecule has 0 aliphatic heterocycles. The monoisotopic (exact) mass is 266 g/mol. The minimum atomic E-state index is -0.800. The Morgan fingerprint density at radius 1 is 1.26 bits per heavy atom.